The number of ketones is 1. The van der Waals surface area contributed by atoms with E-state index in [0.29, 0.717) is 13.1 Å². The van der Waals surface area contributed by atoms with Crippen molar-refractivity contribution in [2.24, 2.45) is 11.1 Å². The van der Waals surface area contributed by atoms with E-state index in [1.807, 2.05) is 35.2 Å². The summed E-state index contributed by atoms with van der Waals surface area (Å²) in [5.41, 5.74) is 4.55. The molecule has 4 N–H and O–H groups in total. The van der Waals surface area contributed by atoms with Crippen molar-refractivity contribution >= 4 is 23.5 Å². The van der Waals surface area contributed by atoms with Crippen molar-refractivity contribution in [1.82, 2.24) is 14.7 Å². The fourth-order valence-electron chi connectivity index (χ4n) is 6.07. The lowest BCUT2D eigenvalue weighted by Crippen LogP contribution is -2.76. The van der Waals surface area contributed by atoms with Gasteiger partial charge in [-0.05, 0) is 32.8 Å². The first-order valence-electron chi connectivity index (χ1n) is 11.5. The second-order valence-corrected chi connectivity index (χ2v) is 10.1. The molecule has 0 aliphatic carbocycles. The molecule has 4 rings (SSSR count). The number of primary amides is 1. The van der Waals surface area contributed by atoms with Gasteiger partial charge in [0.2, 0.25) is 17.7 Å². The number of aliphatic hydroxyl groups is 2. The van der Waals surface area contributed by atoms with Gasteiger partial charge in [-0.15, -0.1) is 0 Å². The van der Waals surface area contributed by atoms with Gasteiger partial charge in [0, 0.05) is 26.2 Å². The molecule has 1 aromatic carbocycles. The summed E-state index contributed by atoms with van der Waals surface area (Å²) in [6.45, 7) is 5.41. The third-order valence-corrected chi connectivity index (χ3v) is 7.52. The first-order valence-corrected chi connectivity index (χ1v) is 11.5. The van der Waals surface area contributed by atoms with E-state index in [4.69, 9.17) is 5.73 Å². The van der Waals surface area contributed by atoms with E-state index < -0.39 is 41.2 Å². The summed E-state index contributed by atoms with van der Waals surface area (Å²) in [7, 11) is 0. The highest BCUT2D eigenvalue weighted by molar-refractivity contribution is 6.01. The van der Waals surface area contributed by atoms with Gasteiger partial charge in [0.05, 0.1) is 17.6 Å². The molecule has 0 aromatic heterocycles. The molecule has 0 bridgehead atoms. The van der Waals surface area contributed by atoms with Crippen LogP contribution in [0.15, 0.2) is 30.3 Å². The quantitative estimate of drug-likeness (QED) is 0.406. The second kappa shape index (κ2) is 8.44. The zero-order valence-electron chi connectivity index (χ0n) is 19.7. The van der Waals surface area contributed by atoms with Gasteiger partial charge in [-0.2, -0.15) is 0 Å². The Bertz CT molecular complexity index is 1010. The third kappa shape index (κ3) is 3.60. The van der Waals surface area contributed by atoms with E-state index in [2.05, 4.69) is 0 Å². The van der Waals surface area contributed by atoms with Crippen LogP contribution in [0.2, 0.25) is 0 Å². The molecule has 3 heterocycles. The van der Waals surface area contributed by atoms with Crippen LogP contribution in [0, 0.1) is 5.41 Å². The number of carbonyl (C=O) groups excluding carboxylic acids is 4. The molecule has 0 radical (unpaired) electrons. The van der Waals surface area contributed by atoms with Crippen molar-refractivity contribution in [1.29, 1.82) is 0 Å². The molecule has 0 saturated carbocycles. The van der Waals surface area contributed by atoms with E-state index in [-0.39, 0.29) is 37.1 Å². The molecule has 184 valence electrons. The van der Waals surface area contributed by atoms with Crippen LogP contribution in [-0.4, -0.2) is 97.9 Å². The number of nitrogens with two attached hydrogens (primary N) is 1. The maximum Gasteiger partial charge on any atom is 0.245 e. The molecule has 2 spiro atoms. The zero-order valence-corrected chi connectivity index (χ0v) is 19.7. The molecule has 3 saturated heterocycles. The van der Waals surface area contributed by atoms with E-state index in [1.165, 1.54) is 30.6 Å². The minimum Gasteiger partial charge on any atom is -0.391 e. The van der Waals surface area contributed by atoms with Gasteiger partial charge >= 0.3 is 0 Å². The molecular weight excluding hydrogens is 440 g/mol. The zero-order chi connectivity index (χ0) is 25.0. The molecule has 10 heteroatoms. The lowest BCUT2D eigenvalue weighted by atomic mass is 9.70. The summed E-state index contributed by atoms with van der Waals surface area (Å²) in [5.74, 6) is -1.67. The second-order valence-electron chi connectivity index (χ2n) is 10.1. The Balaban J connectivity index is 1.62. The van der Waals surface area contributed by atoms with Crippen molar-refractivity contribution in [2.75, 3.05) is 19.6 Å². The maximum atomic E-state index is 13.6. The Kier molecular flexibility index (Phi) is 6.03. The van der Waals surface area contributed by atoms with Crippen molar-refractivity contribution in [2.45, 2.75) is 63.6 Å². The summed E-state index contributed by atoms with van der Waals surface area (Å²) >= 11 is 0. The van der Waals surface area contributed by atoms with Gasteiger partial charge in [0.25, 0.3) is 0 Å². The van der Waals surface area contributed by atoms with Crippen molar-refractivity contribution < 1.29 is 29.4 Å². The van der Waals surface area contributed by atoms with Crippen LogP contribution >= 0.6 is 0 Å². The number of β-lactam (4-membered cyclic amide) rings is 2. The highest BCUT2D eigenvalue weighted by Crippen LogP contribution is 2.53. The molecule has 3 amide bonds. The van der Waals surface area contributed by atoms with Crippen LogP contribution in [0.5, 0.6) is 0 Å². The molecule has 3 fully saturated rings. The molecule has 6 atom stereocenters. The minimum atomic E-state index is -1.12. The Morgan fingerprint density at radius 2 is 1.56 bits per heavy atom. The van der Waals surface area contributed by atoms with Crippen LogP contribution in [0.1, 0.15) is 32.8 Å². The predicted octanol–water partition coefficient (Wildman–Crippen LogP) is -1.12. The average Bonchev–Trinajstić information content (AvgIpc) is 3.11. The topological polar surface area (TPSA) is 144 Å². The molecule has 34 heavy (non-hydrogen) atoms. The smallest absolute Gasteiger partial charge is 0.245 e. The largest absolute Gasteiger partial charge is 0.391 e. The summed E-state index contributed by atoms with van der Waals surface area (Å²) in [6, 6.07) is 7.53. The first kappa shape index (κ1) is 24.3. The van der Waals surface area contributed by atoms with Crippen LogP contribution < -0.4 is 5.73 Å². The molecule has 2 unspecified atom stereocenters. The van der Waals surface area contributed by atoms with Gasteiger partial charge in [-0.25, -0.2) is 0 Å². The summed E-state index contributed by atoms with van der Waals surface area (Å²) in [5, 5.41) is 20.1. The predicted molar refractivity (Wildman–Crippen MR) is 121 cm³/mol. The van der Waals surface area contributed by atoms with Gasteiger partial charge in [-0.3, -0.25) is 24.1 Å². The van der Waals surface area contributed by atoms with Crippen LogP contribution in [0.25, 0.3) is 0 Å². The summed E-state index contributed by atoms with van der Waals surface area (Å²) < 4.78 is 0. The minimum absolute atomic E-state index is 0.206. The van der Waals surface area contributed by atoms with Gasteiger partial charge in [-0.1, -0.05) is 30.3 Å². The van der Waals surface area contributed by atoms with Crippen LogP contribution in [0.4, 0.5) is 0 Å². The third-order valence-electron chi connectivity index (χ3n) is 7.52. The number of amides is 3. The number of hydrogen-bond donors (Lipinski definition) is 3. The van der Waals surface area contributed by atoms with Crippen LogP contribution in [-0.2, 0) is 25.7 Å². The summed E-state index contributed by atoms with van der Waals surface area (Å²) in [6.07, 6.45) is -1.88. The highest BCUT2D eigenvalue weighted by Gasteiger charge is 2.71. The van der Waals surface area contributed by atoms with Gasteiger partial charge in [0.1, 0.15) is 17.6 Å². The van der Waals surface area contributed by atoms with Crippen LogP contribution in [0.3, 0.4) is 0 Å². The summed E-state index contributed by atoms with van der Waals surface area (Å²) in [4.78, 5) is 55.6. The Labute approximate surface area is 198 Å². The van der Waals surface area contributed by atoms with Gasteiger partial charge in [0.15, 0.2) is 5.78 Å². The van der Waals surface area contributed by atoms with Crippen molar-refractivity contribution in [3.05, 3.63) is 35.9 Å². The van der Waals surface area contributed by atoms with Gasteiger partial charge < -0.3 is 25.7 Å². The lowest BCUT2D eigenvalue weighted by molar-refractivity contribution is -0.175. The number of aliphatic hydroxyl groups excluding tert-OH is 2. The first-order chi connectivity index (χ1) is 15.9. The number of carbonyl (C=O) groups is 4. The fourth-order valence-corrected chi connectivity index (χ4v) is 6.07. The molecular formula is C24H32N4O6. The standard InChI is InChI=1S/C24H32N4O6/c1-14(29)18(15(2)30)28-13-24(22(28)34)10-23(11-26(24)9-17-7-5-4-6-8-17)12-27(21(23)33)19(16(3)31)20(25)32/h4-8,14,16,18-19,29,31H,9-13H2,1-3H3,(H2,25,32)/t14-,16-,18+,19+,23?,24?/m1/s1. The van der Waals surface area contributed by atoms with E-state index in [1.54, 1.807) is 0 Å². The fraction of sp³-hybridized carbons (Fsp3) is 0.583. The Morgan fingerprint density at radius 1 is 0.971 bits per heavy atom. The highest BCUT2D eigenvalue weighted by atomic mass is 16.3. The number of benzene rings is 1. The van der Waals surface area contributed by atoms with Crippen molar-refractivity contribution in [3.63, 3.8) is 0 Å². The number of hydrogen-bond acceptors (Lipinski definition) is 7. The molecule has 10 nitrogen and oxygen atoms in total. The number of Topliss-reactive ketones (excluding diaryl/α,β-unsaturated/α-hetero) is 1. The monoisotopic (exact) mass is 472 g/mol. The van der Waals surface area contributed by atoms with E-state index >= 15 is 0 Å². The average molecular weight is 473 g/mol. The Morgan fingerprint density at radius 3 is 2.03 bits per heavy atom. The number of nitrogens with zero attached hydrogens (tertiary/aromatic N) is 3. The SMILES string of the molecule is CC(=O)[C@H]([C@@H](C)O)N1CC2(CC3(CN([C@H](C(N)=O)[C@@H](C)O)C3=O)CN2Cc2ccccc2)C1=O. The lowest BCUT2D eigenvalue weighted by Gasteiger charge is -2.55. The molecule has 3 aliphatic heterocycles. The molecule has 3 aliphatic rings. The van der Waals surface area contributed by atoms with E-state index in [9.17, 15) is 29.4 Å². The Hall–Kier alpha value is -2.82. The number of likely N-dealkylation sites (tertiary alicyclic amines) is 3. The number of rotatable bonds is 8. The maximum absolute atomic E-state index is 13.6. The molecule has 1 aromatic rings. The van der Waals surface area contributed by atoms with Crippen molar-refractivity contribution in [3.8, 4) is 0 Å². The van der Waals surface area contributed by atoms with E-state index in [0.717, 1.165) is 5.56 Å². The normalized spacial score (nSPS) is 30.1.